The van der Waals surface area contributed by atoms with Gasteiger partial charge in [0.2, 0.25) is 5.91 Å². The molecule has 0 radical (unpaired) electrons. The number of aryl methyl sites for hydroxylation is 2. The summed E-state index contributed by atoms with van der Waals surface area (Å²) in [5.74, 6) is -0.726. The maximum Gasteiger partial charge on any atom is 0.224 e. The van der Waals surface area contributed by atoms with Gasteiger partial charge in [0.25, 0.3) is 0 Å². The van der Waals surface area contributed by atoms with E-state index in [2.05, 4.69) is 5.32 Å². The van der Waals surface area contributed by atoms with Crippen molar-refractivity contribution in [3.05, 3.63) is 65.0 Å². The number of hydrogen-bond donors (Lipinski definition) is 1. The van der Waals surface area contributed by atoms with Crippen LogP contribution in [0.2, 0.25) is 0 Å². The number of carbonyl (C=O) groups is 2. The number of anilines is 1. The summed E-state index contributed by atoms with van der Waals surface area (Å²) in [6.07, 6.45) is 3.49. The van der Waals surface area contributed by atoms with Gasteiger partial charge in [-0.05, 0) is 54.7 Å². The second-order valence-electron chi connectivity index (χ2n) is 5.82. The second kappa shape index (κ2) is 6.73. The van der Waals surface area contributed by atoms with E-state index in [4.69, 9.17) is 0 Å². The molecule has 4 heteroatoms. The van der Waals surface area contributed by atoms with E-state index in [0.717, 1.165) is 19.3 Å². The van der Waals surface area contributed by atoms with Crippen LogP contribution in [0.3, 0.4) is 0 Å². The molecule has 1 N–H and O–H groups in total. The molecular formula is C19H18FNO2. The molecule has 3 nitrogen and oxygen atoms in total. The number of amides is 1. The highest BCUT2D eigenvalue weighted by atomic mass is 19.1. The molecule has 0 aliphatic heterocycles. The molecule has 0 atom stereocenters. The highest BCUT2D eigenvalue weighted by Crippen LogP contribution is 2.23. The van der Waals surface area contributed by atoms with E-state index in [1.165, 1.54) is 29.3 Å². The normalized spacial score (nSPS) is 12.7. The van der Waals surface area contributed by atoms with Crippen LogP contribution >= 0.6 is 0 Å². The maximum atomic E-state index is 13.1. The van der Waals surface area contributed by atoms with Gasteiger partial charge in [0.1, 0.15) is 5.82 Å². The summed E-state index contributed by atoms with van der Waals surface area (Å²) < 4.78 is 13.1. The lowest BCUT2D eigenvalue weighted by atomic mass is 10.0. The van der Waals surface area contributed by atoms with Crippen molar-refractivity contribution >= 4 is 17.4 Å². The van der Waals surface area contributed by atoms with E-state index in [-0.39, 0.29) is 24.5 Å². The first kappa shape index (κ1) is 15.4. The van der Waals surface area contributed by atoms with Gasteiger partial charge in [-0.2, -0.15) is 0 Å². The van der Waals surface area contributed by atoms with Crippen LogP contribution in [0.15, 0.2) is 42.5 Å². The lowest BCUT2D eigenvalue weighted by Crippen LogP contribution is -2.13. The van der Waals surface area contributed by atoms with Gasteiger partial charge in [-0.1, -0.05) is 18.2 Å². The number of fused-ring (bicyclic) bond motifs is 1. The summed E-state index contributed by atoms with van der Waals surface area (Å²) in [6.45, 7) is 0. The zero-order valence-corrected chi connectivity index (χ0v) is 12.8. The Kier molecular flexibility index (Phi) is 4.51. The quantitative estimate of drug-likeness (QED) is 0.851. The zero-order chi connectivity index (χ0) is 16.2. The van der Waals surface area contributed by atoms with E-state index in [1.807, 2.05) is 18.2 Å². The molecule has 3 rings (SSSR count). The van der Waals surface area contributed by atoms with Crippen LogP contribution in [-0.4, -0.2) is 11.7 Å². The molecule has 0 fully saturated rings. The van der Waals surface area contributed by atoms with Crippen molar-refractivity contribution in [1.82, 2.24) is 0 Å². The molecule has 1 aliphatic carbocycles. The van der Waals surface area contributed by atoms with Crippen LogP contribution in [0.4, 0.5) is 10.1 Å². The molecule has 0 spiro atoms. The van der Waals surface area contributed by atoms with E-state index in [9.17, 15) is 14.0 Å². The molecule has 0 aromatic heterocycles. The fourth-order valence-corrected chi connectivity index (χ4v) is 2.91. The van der Waals surface area contributed by atoms with Crippen LogP contribution in [0.1, 0.15) is 40.7 Å². The molecule has 2 aromatic rings. The number of Topliss-reactive ketones (excluding diaryl/α,β-unsaturated/α-hetero) is 1. The Bertz CT molecular complexity index is 755. The average molecular weight is 311 g/mol. The molecule has 0 saturated heterocycles. The molecule has 1 aliphatic rings. The van der Waals surface area contributed by atoms with E-state index < -0.39 is 5.82 Å². The number of carbonyl (C=O) groups excluding carboxylic acids is 2. The average Bonchev–Trinajstić information content (AvgIpc) is 3.00. The Morgan fingerprint density at radius 3 is 2.65 bits per heavy atom. The summed E-state index contributed by atoms with van der Waals surface area (Å²) in [5, 5.41) is 2.60. The minimum Gasteiger partial charge on any atom is -0.326 e. The monoisotopic (exact) mass is 311 g/mol. The molecule has 0 unspecified atom stereocenters. The highest BCUT2D eigenvalue weighted by molar-refractivity contribution is 6.00. The summed E-state index contributed by atoms with van der Waals surface area (Å²) >= 11 is 0. The van der Waals surface area contributed by atoms with Gasteiger partial charge >= 0.3 is 0 Å². The maximum absolute atomic E-state index is 13.1. The zero-order valence-electron chi connectivity index (χ0n) is 12.8. The predicted octanol–water partition coefficient (Wildman–Crippen LogP) is 3.92. The molecule has 2 aromatic carbocycles. The predicted molar refractivity (Wildman–Crippen MR) is 87.1 cm³/mol. The van der Waals surface area contributed by atoms with Gasteiger partial charge < -0.3 is 5.32 Å². The Labute approximate surface area is 134 Å². The van der Waals surface area contributed by atoms with Crippen LogP contribution in [-0.2, 0) is 17.6 Å². The largest absolute Gasteiger partial charge is 0.326 e. The van der Waals surface area contributed by atoms with Crippen molar-refractivity contribution in [3.8, 4) is 0 Å². The summed E-state index contributed by atoms with van der Waals surface area (Å²) in [7, 11) is 0. The summed E-state index contributed by atoms with van der Waals surface area (Å²) in [4.78, 5) is 24.1. The van der Waals surface area contributed by atoms with Gasteiger partial charge in [-0.15, -0.1) is 0 Å². The Balaban J connectivity index is 1.55. The van der Waals surface area contributed by atoms with Crippen molar-refractivity contribution in [2.24, 2.45) is 0 Å². The van der Waals surface area contributed by atoms with E-state index in [0.29, 0.717) is 11.3 Å². The van der Waals surface area contributed by atoms with E-state index >= 15 is 0 Å². The first-order chi connectivity index (χ1) is 11.1. The number of rotatable bonds is 5. The first-order valence-corrected chi connectivity index (χ1v) is 7.82. The van der Waals surface area contributed by atoms with Gasteiger partial charge in [0.15, 0.2) is 5.78 Å². The molecular weight excluding hydrogens is 293 g/mol. The van der Waals surface area contributed by atoms with Crippen LogP contribution in [0.5, 0.6) is 0 Å². The molecule has 0 bridgehead atoms. The van der Waals surface area contributed by atoms with Crippen molar-refractivity contribution in [1.29, 1.82) is 0 Å². The SMILES string of the molecule is O=C(CCC(=O)c1ccc2c(c1)CCC2)Nc1cccc(F)c1. The first-order valence-electron chi connectivity index (χ1n) is 7.82. The van der Waals surface area contributed by atoms with Gasteiger partial charge in [0.05, 0.1) is 0 Å². The van der Waals surface area contributed by atoms with Crippen molar-refractivity contribution in [2.75, 3.05) is 5.32 Å². The lowest BCUT2D eigenvalue weighted by Gasteiger charge is -2.06. The third-order valence-corrected chi connectivity index (χ3v) is 4.11. The standard InChI is InChI=1S/C19H18FNO2/c20-16-5-2-6-17(12-16)21-19(23)10-9-18(22)15-8-7-13-3-1-4-14(13)11-15/h2,5-8,11-12H,1,3-4,9-10H2,(H,21,23). The van der Waals surface area contributed by atoms with E-state index in [1.54, 1.807) is 6.07 Å². The number of ketones is 1. The third-order valence-electron chi connectivity index (χ3n) is 4.11. The molecule has 23 heavy (non-hydrogen) atoms. The second-order valence-corrected chi connectivity index (χ2v) is 5.82. The Morgan fingerprint density at radius 1 is 1.00 bits per heavy atom. The lowest BCUT2D eigenvalue weighted by molar-refractivity contribution is -0.116. The molecule has 118 valence electrons. The topological polar surface area (TPSA) is 46.2 Å². The van der Waals surface area contributed by atoms with Gasteiger partial charge in [-0.25, -0.2) is 4.39 Å². The van der Waals surface area contributed by atoms with Crippen LogP contribution in [0.25, 0.3) is 0 Å². The number of nitrogens with one attached hydrogen (secondary N) is 1. The molecule has 0 saturated carbocycles. The molecule has 0 heterocycles. The highest BCUT2D eigenvalue weighted by Gasteiger charge is 2.15. The Hall–Kier alpha value is -2.49. The van der Waals surface area contributed by atoms with Gasteiger partial charge in [0, 0.05) is 24.1 Å². The summed E-state index contributed by atoms with van der Waals surface area (Å²) in [6, 6.07) is 11.5. The minimum absolute atomic E-state index is 0.0332. The molecule has 1 amide bonds. The minimum atomic E-state index is -0.406. The van der Waals surface area contributed by atoms with Crippen LogP contribution in [0, 0.1) is 5.82 Å². The van der Waals surface area contributed by atoms with Crippen molar-refractivity contribution < 1.29 is 14.0 Å². The number of halogens is 1. The van der Waals surface area contributed by atoms with Gasteiger partial charge in [-0.3, -0.25) is 9.59 Å². The smallest absolute Gasteiger partial charge is 0.224 e. The van der Waals surface area contributed by atoms with Crippen molar-refractivity contribution in [3.63, 3.8) is 0 Å². The van der Waals surface area contributed by atoms with Crippen LogP contribution < -0.4 is 5.32 Å². The Morgan fingerprint density at radius 2 is 1.83 bits per heavy atom. The third kappa shape index (κ3) is 3.83. The fraction of sp³-hybridized carbons (Fsp3) is 0.263. The number of benzene rings is 2. The number of hydrogen-bond acceptors (Lipinski definition) is 2. The van der Waals surface area contributed by atoms with Crippen molar-refractivity contribution in [2.45, 2.75) is 32.1 Å². The summed E-state index contributed by atoms with van der Waals surface area (Å²) in [5.41, 5.74) is 3.65. The fourth-order valence-electron chi connectivity index (χ4n) is 2.91.